The third-order valence-corrected chi connectivity index (χ3v) is 5.71. The van der Waals surface area contributed by atoms with Crippen molar-refractivity contribution >= 4 is 11.9 Å². The van der Waals surface area contributed by atoms with Gasteiger partial charge >= 0.3 is 6.03 Å². The summed E-state index contributed by atoms with van der Waals surface area (Å²) in [5.41, 5.74) is 2.45. The van der Waals surface area contributed by atoms with Crippen molar-refractivity contribution in [3.63, 3.8) is 0 Å². The second kappa shape index (κ2) is 8.32. The Balaban J connectivity index is 1.58. The zero-order valence-corrected chi connectivity index (χ0v) is 17.1. The van der Waals surface area contributed by atoms with Crippen molar-refractivity contribution in [1.82, 2.24) is 15.1 Å². The molecule has 2 fully saturated rings. The van der Waals surface area contributed by atoms with Crippen molar-refractivity contribution in [1.29, 1.82) is 0 Å². The summed E-state index contributed by atoms with van der Waals surface area (Å²) >= 11 is 0. The Morgan fingerprint density at radius 2 is 1.41 bits per heavy atom. The number of carbonyl (C=O) groups is 2. The molecule has 1 atom stereocenters. The number of benzene rings is 1. The Labute approximate surface area is 163 Å². The maximum absolute atomic E-state index is 12.8. The first-order valence-electron chi connectivity index (χ1n) is 10.3. The standard InChI is InChI=1S/C22H33N3O2/c1-15(2)17-5-7-18(8-6-17)20(16(3)4)23-22(27)25-13-11-24(12-14-25)21(26)19-9-10-19/h5-8,15-16,19-20H,9-14H2,1-4H3,(H,23,27)/t20-/m1/s1. The van der Waals surface area contributed by atoms with Crippen molar-refractivity contribution in [2.45, 2.75) is 52.5 Å². The van der Waals surface area contributed by atoms with Crippen LogP contribution < -0.4 is 5.32 Å². The quantitative estimate of drug-likeness (QED) is 0.856. The third-order valence-electron chi connectivity index (χ3n) is 5.71. The zero-order valence-electron chi connectivity index (χ0n) is 17.1. The number of urea groups is 1. The van der Waals surface area contributed by atoms with Crippen LogP contribution in [0.2, 0.25) is 0 Å². The van der Waals surface area contributed by atoms with Crippen LogP contribution in [0.3, 0.4) is 0 Å². The van der Waals surface area contributed by atoms with Crippen molar-refractivity contribution in [2.75, 3.05) is 26.2 Å². The number of rotatable bonds is 5. The third kappa shape index (κ3) is 4.82. The molecule has 3 amide bonds. The Kier molecular flexibility index (Phi) is 6.08. The molecule has 5 heteroatoms. The molecule has 1 saturated heterocycles. The Hall–Kier alpha value is -2.04. The molecule has 0 radical (unpaired) electrons. The van der Waals surface area contributed by atoms with E-state index in [9.17, 15) is 9.59 Å². The number of nitrogens with zero attached hydrogens (tertiary/aromatic N) is 2. The van der Waals surface area contributed by atoms with Crippen LogP contribution in [0.1, 0.15) is 63.6 Å². The minimum Gasteiger partial charge on any atom is -0.339 e. The smallest absolute Gasteiger partial charge is 0.318 e. The van der Waals surface area contributed by atoms with Crippen molar-refractivity contribution < 1.29 is 9.59 Å². The maximum Gasteiger partial charge on any atom is 0.318 e. The average molecular weight is 372 g/mol. The predicted octanol–water partition coefficient (Wildman–Crippen LogP) is 3.77. The Bertz CT molecular complexity index is 657. The largest absolute Gasteiger partial charge is 0.339 e. The fraction of sp³-hybridized carbons (Fsp3) is 0.636. The molecule has 148 valence electrons. The summed E-state index contributed by atoms with van der Waals surface area (Å²) in [7, 11) is 0. The van der Waals surface area contributed by atoms with E-state index in [0.717, 1.165) is 18.4 Å². The first-order valence-corrected chi connectivity index (χ1v) is 10.3. The molecule has 1 aliphatic heterocycles. The van der Waals surface area contributed by atoms with E-state index in [1.165, 1.54) is 5.56 Å². The van der Waals surface area contributed by atoms with Gasteiger partial charge in [-0.05, 0) is 35.8 Å². The molecular formula is C22H33N3O2. The summed E-state index contributed by atoms with van der Waals surface area (Å²) in [4.78, 5) is 28.7. The van der Waals surface area contributed by atoms with Gasteiger partial charge in [-0.25, -0.2) is 4.79 Å². The number of hydrogen-bond donors (Lipinski definition) is 1. The van der Waals surface area contributed by atoms with Crippen LogP contribution in [0.5, 0.6) is 0 Å². The lowest BCUT2D eigenvalue weighted by molar-refractivity contribution is -0.133. The topological polar surface area (TPSA) is 52.7 Å². The van der Waals surface area contributed by atoms with Gasteiger partial charge in [0.1, 0.15) is 0 Å². The molecule has 5 nitrogen and oxygen atoms in total. The normalized spacial score (nSPS) is 18.7. The van der Waals surface area contributed by atoms with Gasteiger partial charge in [0, 0.05) is 32.1 Å². The molecule has 0 bridgehead atoms. The minimum absolute atomic E-state index is 0.00941. The monoisotopic (exact) mass is 371 g/mol. The minimum atomic E-state index is -0.0276. The molecule has 1 N–H and O–H groups in total. The second-order valence-electron chi connectivity index (χ2n) is 8.58. The van der Waals surface area contributed by atoms with Crippen LogP contribution >= 0.6 is 0 Å². The van der Waals surface area contributed by atoms with E-state index in [-0.39, 0.29) is 23.9 Å². The molecule has 0 aromatic heterocycles. The van der Waals surface area contributed by atoms with Crippen LogP contribution in [0.15, 0.2) is 24.3 Å². The van der Waals surface area contributed by atoms with Gasteiger partial charge in [0.25, 0.3) is 0 Å². The van der Waals surface area contributed by atoms with E-state index in [1.54, 1.807) is 0 Å². The zero-order chi connectivity index (χ0) is 19.6. The molecule has 0 unspecified atom stereocenters. The van der Waals surface area contributed by atoms with Crippen LogP contribution in [-0.2, 0) is 4.79 Å². The van der Waals surface area contributed by atoms with Crippen LogP contribution in [-0.4, -0.2) is 47.9 Å². The highest BCUT2D eigenvalue weighted by molar-refractivity contribution is 5.81. The molecule has 3 rings (SSSR count). The summed E-state index contributed by atoms with van der Waals surface area (Å²) < 4.78 is 0. The molecule has 1 heterocycles. The molecular weight excluding hydrogens is 338 g/mol. The maximum atomic E-state index is 12.8. The lowest BCUT2D eigenvalue weighted by Gasteiger charge is -2.36. The van der Waals surface area contributed by atoms with Gasteiger partial charge in [-0.15, -0.1) is 0 Å². The molecule has 1 aliphatic carbocycles. The fourth-order valence-corrected chi connectivity index (χ4v) is 3.67. The number of nitrogens with one attached hydrogen (secondary N) is 1. The van der Waals surface area contributed by atoms with Gasteiger partial charge < -0.3 is 15.1 Å². The lowest BCUT2D eigenvalue weighted by atomic mass is 9.93. The highest BCUT2D eigenvalue weighted by Gasteiger charge is 2.35. The predicted molar refractivity (Wildman–Crippen MR) is 108 cm³/mol. The van der Waals surface area contributed by atoms with Crippen molar-refractivity contribution in [2.24, 2.45) is 11.8 Å². The van der Waals surface area contributed by atoms with Gasteiger partial charge in [0.15, 0.2) is 0 Å². The lowest BCUT2D eigenvalue weighted by Crippen LogP contribution is -2.54. The van der Waals surface area contributed by atoms with Gasteiger partial charge in [-0.3, -0.25) is 4.79 Å². The molecule has 1 saturated carbocycles. The van der Waals surface area contributed by atoms with Crippen LogP contribution in [0.25, 0.3) is 0 Å². The summed E-state index contributed by atoms with van der Waals surface area (Å²) in [6.45, 7) is 11.2. The van der Waals surface area contributed by atoms with Gasteiger partial charge in [-0.2, -0.15) is 0 Å². The molecule has 1 aromatic carbocycles. The molecule has 0 spiro atoms. The van der Waals surface area contributed by atoms with Crippen LogP contribution in [0.4, 0.5) is 4.79 Å². The first kappa shape index (κ1) is 19.7. The number of carbonyl (C=O) groups excluding carboxylic acids is 2. The molecule has 2 aliphatic rings. The summed E-state index contributed by atoms with van der Waals surface area (Å²) in [6, 6.07) is 8.54. The molecule has 1 aromatic rings. The van der Waals surface area contributed by atoms with E-state index >= 15 is 0 Å². The number of piperazine rings is 1. The summed E-state index contributed by atoms with van der Waals surface area (Å²) in [5, 5.41) is 3.21. The summed E-state index contributed by atoms with van der Waals surface area (Å²) in [6.07, 6.45) is 2.07. The van der Waals surface area contributed by atoms with E-state index < -0.39 is 0 Å². The van der Waals surface area contributed by atoms with Crippen molar-refractivity contribution in [3.05, 3.63) is 35.4 Å². The van der Waals surface area contributed by atoms with E-state index in [1.807, 2.05) is 9.80 Å². The number of amides is 3. The van der Waals surface area contributed by atoms with Gasteiger partial charge in [-0.1, -0.05) is 52.0 Å². The average Bonchev–Trinajstić information content (AvgIpc) is 3.50. The first-order chi connectivity index (χ1) is 12.9. The van der Waals surface area contributed by atoms with Gasteiger partial charge in [0.2, 0.25) is 5.91 Å². The van der Waals surface area contributed by atoms with E-state index in [2.05, 4.69) is 57.3 Å². The fourth-order valence-electron chi connectivity index (χ4n) is 3.67. The van der Waals surface area contributed by atoms with Crippen LogP contribution in [0, 0.1) is 11.8 Å². The second-order valence-corrected chi connectivity index (χ2v) is 8.58. The highest BCUT2D eigenvalue weighted by atomic mass is 16.2. The Morgan fingerprint density at radius 3 is 1.89 bits per heavy atom. The van der Waals surface area contributed by atoms with E-state index in [0.29, 0.717) is 38.0 Å². The SMILES string of the molecule is CC(C)c1ccc([C@H](NC(=O)N2CCN(C(=O)C3CC3)CC2)C(C)C)cc1. The van der Waals surface area contributed by atoms with Gasteiger partial charge in [0.05, 0.1) is 6.04 Å². The number of hydrogen-bond acceptors (Lipinski definition) is 2. The van der Waals surface area contributed by atoms with E-state index in [4.69, 9.17) is 0 Å². The molecule has 27 heavy (non-hydrogen) atoms. The Morgan fingerprint density at radius 1 is 0.889 bits per heavy atom. The van der Waals surface area contributed by atoms with Crippen molar-refractivity contribution in [3.8, 4) is 0 Å². The summed E-state index contributed by atoms with van der Waals surface area (Å²) in [5.74, 6) is 1.34. The highest BCUT2D eigenvalue weighted by Crippen LogP contribution is 2.31.